The number of thioether (sulfide) groups is 1. The second-order valence-electron chi connectivity index (χ2n) is 12.4. The van der Waals surface area contributed by atoms with E-state index in [-0.39, 0.29) is 42.2 Å². The highest BCUT2D eigenvalue weighted by atomic mass is 32.2. The van der Waals surface area contributed by atoms with Crippen LogP contribution in [-0.4, -0.2) is 134 Å². The summed E-state index contributed by atoms with van der Waals surface area (Å²) < 4.78 is 61.9. The van der Waals surface area contributed by atoms with Gasteiger partial charge in [0.1, 0.15) is 36.3 Å². The number of aliphatic hydroxyl groups is 3. The molecule has 30 heteroatoms. The van der Waals surface area contributed by atoms with E-state index < -0.39 is 95.4 Å². The van der Waals surface area contributed by atoms with E-state index in [4.69, 9.17) is 25.3 Å². The molecule has 26 nitrogen and oxygen atoms in total. The number of carbonyl (C=O) groups excluding carboxylic acids is 3. The van der Waals surface area contributed by atoms with Crippen molar-refractivity contribution in [3.63, 3.8) is 0 Å². The zero-order valence-corrected chi connectivity index (χ0v) is 32.1. The Morgan fingerprint density at radius 3 is 2.33 bits per heavy atom. The number of anilines is 1. The van der Waals surface area contributed by atoms with Gasteiger partial charge in [0.05, 0.1) is 19.5 Å². The van der Waals surface area contributed by atoms with E-state index >= 15 is 0 Å². The number of ether oxygens (including phenoxy) is 1. The first-order valence-electron chi connectivity index (χ1n) is 15.3. The van der Waals surface area contributed by atoms with Crippen LogP contribution >= 0.6 is 35.2 Å². The van der Waals surface area contributed by atoms with Crippen molar-refractivity contribution in [3.8, 4) is 0 Å². The minimum absolute atomic E-state index is 0.0218. The first-order chi connectivity index (χ1) is 24.7. The SMILES string of the molecule is CC(N)(O)C(=O)SCCNC(=O)CCNC(=O)C(O)C(C)(C)COP(=O)(O)OP(=O)(O)OC[C@H]1O[C@@H](n2cnc3c(N)ncnc32)[C@H](O)[C@@H]1OP(=O)(O)O. The van der Waals surface area contributed by atoms with Crippen molar-refractivity contribution in [2.75, 3.05) is 37.8 Å². The molecule has 0 spiro atoms. The summed E-state index contributed by atoms with van der Waals surface area (Å²) in [6, 6.07) is 0. The van der Waals surface area contributed by atoms with Gasteiger partial charge >= 0.3 is 23.5 Å². The van der Waals surface area contributed by atoms with Crippen LogP contribution in [0.2, 0.25) is 0 Å². The molecule has 0 radical (unpaired) electrons. The molecule has 2 aromatic heterocycles. The second-order valence-corrected chi connectivity index (χ2v) is 17.7. The van der Waals surface area contributed by atoms with Gasteiger partial charge in [-0.05, 0) is 6.92 Å². The van der Waals surface area contributed by atoms with Crippen molar-refractivity contribution in [3.05, 3.63) is 12.7 Å². The summed E-state index contributed by atoms with van der Waals surface area (Å²) in [6.07, 6.45) is -7.07. The Kier molecular flexibility index (Phi) is 15.4. The molecule has 54 heavy (non-hydrogen) atoms. The van der Waals surface area contributed by atoms with Crippen molar-refractivity contribution in [2.45, 2.75) is 63.6 Å². The number of hydrogen-bond acceptors (Lipinski definition) is 20. The van der Waals surface area contributed by atoms with Crippen LogP contribution in [0.25, 0.3) is 11.2 Å². The van der Waals surface area contributed by atoms with Crippen LogP contribution in [0.4, 0.5) is 5.82 Å². The number of nitrogens with two attached hydrogens (primary N) is 2. The lowest BCUT2D eigenvalue weighted by atomic mass is 9.87. The average molecular weight is 855 g/mol. The molecule has 3 rings (SSSR count). The summed E-state index contributed by atoms with van der Waals surface area (Å²) in [4.78, 5) is 86.8. The molecule has 0 aliphatic carbocycles. The molecule has 1 saturated heterocycles. The van der Waals surface area contributed by atoms with E-state index in [9.17, 15) is 63.0 Å². The van der Waals surface area contributed by atoms with Gasteiger partial charge in [0.25, 0.3) is 0 Å². The van der Waals surface area contributed by atoms with Crippen LogP contribution in [0.5, 0.6) is 0 Å². The fraction of sp³-hybridized carbons (Fsp3) is 0.667. The monoisotopic (exact) mass is 854 g/mol. The number of nitrogens with one attached hydrogen (secondary N) is 2. The van der Waals surface area contributed by atoms with Crippen LogP contribution in [0, 0.1) is 5.41 Å². The second kappa shape index (κ2) is 18.2. The predicted molar refractivity (Wildman–Crippen MR) is 182 cm³/mol. The van der Waals surface area contributed by atoms with Crippen molar-refractivity contribution in [1.82, 2.24) is 30.2 Å². The van der Waals surface area contributed by atoms with E-state index in [2.05, 4.69) is 34.4 Å². The minimum Gasteiger partial charge on any atom is -0.386 e. The van der Waals surface area contributed by atoms with Gasteiger partial charge in [-0.15, -0.1) is 0 Å². The van der Waals surface area contributed by atoms with E-state index in [0.29, 0.717) is 11.8 Å². The van der Waals surface area contributed by atoms with Crippen LogP contribution in [0.15, 0.2) is 12.7 Å². The maximum absolute atomic E-state index is 12.6. The molecule has 8 atom stereocenters. The maximum atomic E-state index is 12.6. The molecular weight excluding hydrogens is 813 g/mol. The number of rotatable bonds is 20. The number of hydrogen-bond donors (Lipinski definition) is 11. The number of aliphatic hydroxyl groups excluding tert-OH is 2. The van der Waals surface area contributed by atoms with Gasteiger partial charge in [-0.2, -0.15) is 4.31 Å². The summed E-state index contributed by atoms with van der Waals surface area (Å²) in [5.41, 5.74) is 7.43. The number of fused-ring (bicyclic) bond motifs is 1. The Morgan fingerprint density at radius 2 is 1.70 bits per heavy atom. The summed E-state index contributed by atoms with van der Waals surface area (Å²) in [7, 11) is -16.4. The lowest BCUT2D eigenvalue weighted by molar-refractivity contribution is -0.137. The molecule has 1 fully saturated rings. The number of amides is 2. The van der Waals surface area contributed by atoms with E-state index in [1.807, 2.05) is 0 Å². The quantitative estimate of drug-likeness (QED) is 0.0367. The van der Waals surface area contributed by atoms with Crippen LogP contribution in [0.1, 0.15) is 33.4 Å². The first-order valence-corrected chi connectivity index (χ1v) is 20.8. The number of aromatic nitrogens is 4. The van der Waals surface area contributed by atoms with Crippen LogP contribution in [-0.2, 0) is 50.7 Å². The standard InChI is InChI=1S/C24H41N8O18P3S/c1-23(2,17(35)20(36)28-5-4-13(33)27-6-7-54-22(37)24(3,26)38)9-47-53(44,45)50-52(42,43)46-8-12-16(49-51(39,40)41)15(34)21(48-12)32-11-31-14-18(25)29-10-30-19(14)32/h10-12,15-17,21,34-35,38H,4-9,26H2,1-3H3,(H,27,33)(H,28,36)(H,42,43)(H,44,45)(H2,25,29,30)(H2,39,40,41)/t12-,15-,16-,17?,21-,24?/m1/s1. The van der Waals surface area contributed by atoms with Gasteiger partial charge in [0.15, 0.2) is 23.4 Å². The number of phosphoric ester groups is 3. The summed E-state index contributed by atoms with van der Waals surface area (Å²) in [5.74, 6) is -1.48. The van der Waals surface area contributed by atoms with Crippen LogP contribution < -0.4 is 22.1 Å². The Hall–Kier alpha value is -2.52. The molecule has 2 amide bonds. The number of imidazole rings is 1. The maximum Gasteiger partial charge on any atom is 0.481 e. The molecule has 306 valence electrons. The Morgan fingerprint density at radius 1 is 1.06 bits per heavy atom. The third kappa shape index (κ3) is 13.3. The summed E-state index contributed by atoms with van der Waals surface area (Å²) in [5, 5.41) is 34.8. The van der Waals surface area contributed by atoms with Gasteiger partial charge < -0.3 is 56.0 Å². The average Bonchev–Trinajstić information content (AvgIpc) is 3.60. The van der Waals surface area contributed by atoms with Crippen molar-refractivity contribution < 1.29 is 85.6 Å². The highest BCUT2D eigenvalue weighted by Crippen LogP contribution is 2.61. The largest absolute Gasteiger partial charge is 0.481 e. The lowest BCUT2D eigenvalue weighted by Gasteiger charge is -2.30. The van der Waals surface area contributed by atoms with E-state index in [0.717, 1.165) is 24.1 Å². The molecule has 4 unspecified atom stereocenters. The first kappa shape index (κ1) is 45.9. The van der Waals surface area contributed by atoms with Gasteiger partial charge in [-0.3, -0.25) is 38.3 Å². The molecule has 13 N–H and O–H groups in total. The van der Waals surface area contributed by atoms with Gasteiger partial charge in [0.2, 0.25) is 16.9 Å². The lowest BCUT2D eigenvalue weighted by Crippen LogP contribution is -2.46. The van der Waals surface area contributed by atoms with Crippen LogP contribution in [0.3, 0.4) is 0 Å². The Bertz CT molecular complexity index is 1810. The molecule has 0 bridgehead atoms. The van der Waals surface area contributed by atoms with Crippen molar-refractivity contribution in [2.24, 2.45) is 11.1 Å². The summed E-state index contributed by atoms with van der Waals surface area (Å²) >= 11 is 0.702. The van der Waals surface area contributed by atoms with Gasteiger partial charge in [0, 0.05) is 30.7 Å². The zero-order chi connectivity index (χ0) is 40.9. The fourth-order valence-corrected chi connectivity index (χ4v) is 7.93. The molecule has 0 aromatic carbocycles. The number of carbonyl (C=O) groups is 3. The third-order valence-corrected chi connectivity index (χ3v) is 11.3. The highest BCUT2D eigenvalue weighted by molar-refractivity contribution is 8.13. The summed E-state index contributed by atoms with van der Waals surface area (Å²) in [6.45, 7) is 1.29. The molecular formula is C24H41N8O18P3S. The van der Waals surface area contributed by atoms with Gasteiger partial charge in [-0.25, -0.2) is 28.6 Å². The third-order valence-electron chi connectivity index (χ3n) is 7.15. The molecule has 2 aromatic rings. The van der Waals surface area contributed by atoms with E-state index in [1.165, 1.54) is 13.8 Å². The van der Waals surface area contributed by atoms with Crippen molar-refractivity contribution in [1.29, 1.82) is 0 Å². The number of nitrogen functional groups attached to an aromatic ring is 1. The Balaban J connectivity index is 1.51. The van der Waals surface area contributed by atoms with E-state index in [1.54, 1.807) is 0 Å². The minimum atomic E-state index is -5.58. The topological polar surface area (TPSA) is 410 Å². The van der Waals surface area contributed by atoms with Gasteiger partial charge in [-0.1, -0.05) is 25.6 Å². The molecule has 1 aliphatic rings. The molecule has 3 heterocycles. The fourth-order valence-electron chi connectivity index (χ4n) is 4.42. The number of nitrogens with zero attached hydrogens (tertiary/aromatic N) is 4. The normalized spacial score (nSPS) is 23.2. The molecule has 1 aliphatic heterocycles. The van der Waals surface area contributed by atoms with Crippen molar-refractivity contribution >= 4 is 69.1 Å². The smallest absolute Gasteiger partial charge is 0.386 e. The Labute approximate surface area is 309 Å². The highest BCUT2D eigenvalue weighted by Gasteiger charge is 2.50. The molecule has 0 saturated carbocycles. The predicted octanol–water partition coefficient (Wildman–Crippen LogP) is -2.67. The number of phosphoric acid groups is 3. The zero-order valence-electron chi connectivity index (χ0n) is 28.6.